The van der Waals surface area contributed by atoms with E-state index >= 15 is 0 Å². The fraction of sp³-hybridized carbons (Fsp3) is 0.517. The van der Waals surface area contributed by atoms with Crippen molar-refractivity contribution >= 4 is 11.8 Å². The number of aryl methyl sites for hydroxylation is 1. The number of carbonyl (C=O) groups is 2. The van der Waals surface area contributed by atoms with Crippen LogP contribution in [0.3, 0.4) is 0 Å². The zero-order valence-electron chi connectivity index (χ0n) is 20.5. The number of nitrogens with zero attached hydrogens (tertiary/aromatic N) is 2. The second kappa shape index (κ2) is 10.1. The third-order valence-electron chi connectivity index (χ3n) is 7.80. The van der Waals surface area contributed by atoms with Gasteiger partial charge in [0, 0.05) is 33.6 Å². The summed E-state index contributed by atoms with van der Waals surface area (Å²) in [4.78, 5) is 30.1. The molecule has 2 fully saturated rings. The highest BCUT2D eigenvalue weighted by molar-refractivity contribution is 5.84. The average Bonchev–Trinajstić information content (AvgIpc) is 3.32. The first-order valence-corrected chi connectivity index (χ1v) is 12.5. The summed E-state index contributed by atoms with van der Waals surface area (Å²) in [5, 5.41) is 0. The van der Waals surface area contributed by atoms with Crippen LogP contribution in [-0.2, 0) is 16.0 Å². The van der Waals surface area contributed by atoms with Gasteiger partial charge in [-0.15, -0.1) is 0 Å². The molecule has 0 N–H and O–H groups in total. The maximum absolute atomic E-state index is 13.4. The normalized spacial score (nSPS) is 18.3. The van der Waals surface area contributed by atoms with Gasteiger partial charge >= 0.3 is 0 Å². The van der Waals surface area contributed by atoms with Gasteiger partial charge in [-0.25, -0.2) is 0 Å². The second-order valence-electron chi connectivity index (χ2n) is 10.4. The van der Waals surface area contributed by atoms with Crippen LogP contribution in [0.4, 0.5) is 0 Å². The van der Waals surface area contributed by atoms with Crippen LogP contribution in [0.2, 0.25) is 0 Å². The van der Waals surface area contributed by atoms with Gasteiger partial charge in [-0.2, -0.15) is 0 Å². The molecule has 0 atom stereocenters. The van der Waals surface area contributed by atoms with Crippen molar-refractivity contribution in [2.45, 2.75) is 58.3 Å². The predicted molar refractivity (Wildman–Crippen MR) is 134 cm³/mol. The number of rotatable bonds is 6. The van der Waals surface area contributed by atoms with Crippen LogP contribution in [0, 0.1) is 18.3 Å². The topological polar surface area (TPSA) is 40.6 Å². The lowest BCUT2D eigenvalue weighted by Crippen LogP contribution is -2.51. The Balaban J connectivity index is 1.51. The van der Waals surface area contributed by atoms with Crippen LogP contribution in [0.25, 0.3) is 11.1 Å². The molecule has 2 amide bonds. The summed E-state index contributed by atoms with van der Waals surface area (Å²) < 4.78 is 0. The molecule has 0 aromatic heterocycles. The Morgan fingerprint density at radius 3 is 2.36 bits per heavy atom. The first-order valence-electron chi connectivity index (χ1n) is 12.5. The van der Waals surface area contributed by atoms with Crippen molar-refractivity contribution in [1.29, 1.82) is 0 Å². The molecule has 1 heterocycles. The SMILES string of the molecule is Cc1ccccc1-c1cccc(CC2(C(=O)N(C)C)CCN(C(=O)CC3CCCC3)CC2)c1. The summed E-state index contributed by atoms with van der Waals surface area (Å²) in [6.07, 6.45) is 7.78. The van der Waals surface area contributed by atoms with Crippen molar-refractivity contribution in [3.05, 3.63) is 59.7 Å². The molecule has 2 aromatic rings. The van der Waals surface area contributed by atoms with Gasteiger partial charge in [-0.3, -0.25) is 9.59 Å². The molecule has 0 bridgehead atoms. The van der Waals surface area contributed by atoms with Gasteiger partial charge in [0.2, 0.25) is 11.8 Å². The Morgan fingerprint density at radius 1 is 1.00 bits per heavy atom. The van der Waals surface area contributed by atoms with E-state index in [4.69, 9.17) is 0 Å². The molecule has 0 spiro atoms. The maximum Gasteiger partial charge on any atom is 0.228 e. The van der Waals surface area contributed by atoms with Crippen molar-refractivity contribution < 1.29 is 9.59 Å². The Morgan fingerprint density at radius 2 is 1.70 bits per heavy atom. The number of hydrogen-bond acceptors (Lipinski definition) is 2. The van der Waals surface area contributed by atoms with E-state index < -0.39 is 5.41 Å². The quantitative estimate of drug-likeness (QED) is 0.589. The summed E-state index contributed by atoms with van der Waals surface area (Å²) in [7, 11) is 3.71. The van der Waals surface area contributed by atoms with E-state index in [2.05, 4.69) is 55.5 Å². The van der Waals surface area contributed by atoms with E-state index in [9.17, 15) is 9.59 Å². The molecule has 4 rings (SSSR count). The fourth-order valence-corrected chi connectivity index (χ4v) is 5.85. The third kappa shape index (κ3) is 5.31. The summed E-state index contributed by atoms with van der Waals surface area (Å²) in [6.45, 7) is 3.50. The predicted octanol–water partition coefficient (Wildman–Crippen LogP) is 5.48. The Hall–Kier alpha value is -2.62. The minimum atomic E-state index is -0.446. The fourth-order valence-electron chi connectivity index (χ4n) is 5.85. The average molecular weight is 447 g/mol. The van der Waals surface area contributed by atoms with Crippen molar-refractivity contribution in [1.82, 2.24) is 9.80 Å². The Kier molecular flexibility index (Phi) is 7.21. The molecule has 4 heteroatoms. The molecule has 1 aliphatic heterocycles. The van der Waals surface area contributed by atoms with Gasteiger partial charge in [0.25, 0.3) is 0 Å². The third-order valence-corrected chi connectivity index (χ3v) is 7.80. The van der Waals surface area contributed by atoms with Gasteiger partial charge in [0.1, 0.15) is 0 Å². The molecule has 2 aromatic carbocycles. The zero-order chi connectivity index (χ0) is 23.4. The lowest BCUT2D eigenvalue weighted by Gasteiger charge is -2.42. The van der Waals surface area contributed by atoms with E-state index in [1.807, 2.05) is 19.0 Å². The number of carbonyl (C=O) groups excluding carboxylic acids is 2. The standard InChI is InChI=1S/C29H38N2O2/c1-22-9-4-7-14-26(22)25-13-8-12-24(19-25)21-29(28(33)30(2)3)15-17-31(18-16-29)27(32)20-23-10-5-6-11-23/h4,7-9,12-14,19,23H,5-6,10-11,15-18,20-21H2,1-3H3. The van der Waals surface area contributed by atoms with Gasteiger partial charge < -0.3 is 9.80 Å². The summed E-state index contributed by atoms with van der Waals surface area (Å²) in [5.41, 5.74) is 4.43. The number of hydrogen-bond donors (Lipinski definition) is 0. The Labute approximate surface area is 199 Å². The summed E-state index contributed by atoms with van der Waals surface area (Å²) in [5.74, 6) is 1.04. The lowest BCUT2D eigenvalue weighted by molar-refractivity contribution is -0.146. The maximum atomic E-state index is 13.4. The molecule has 0 radical (unpaired) electrons. The minimum Gasteiger partial charge on any atom is -0.348 e. The highest BCUT2D eigenvalue weighted by atomic mass is 16.2. The van der Waals surface area contributed by atoms with E-state index in [1.165, 1.54) is 47.9 Å². The Bertz CT molecular complexity index is 983. The van der Waals surface area contributed by atoms with Gasteiger partial charge in [0.05, 0.1) is 5.41 Å². The molecule has 0 unspecified atom stereocenters. The molecule has 1 saturated heterocycles. The van der Waals surface area contributed by atoms with Crippen LogP contribution in [0.1, 0.15) is 56.1 Å². The first kappa shape index (κ1) is 23.5. The molecule has 2 aliphatic rings. The summed E-state index contributed by atoms with van der Waals surface area (Å²) >= 11 is 0. The zero-order valence-corrected chi connectivity index (χ0v) is 20.5. The van der Waals surface area contributed by atoms with Gasteiger partial charge in [-0.05, 0) is 67.2 Å². The van der Waals surface area contributed by atoms with E-state index in [-0.39, 0.29) is 11.8 Å². The minimum absolute atomic E-state index is 0.187. The summed E-state index contributed by atoms with van der Waals surface area (Å²) in [6, 6.07) is 17.1. The van der Waals surface area contributed by atoms with Crippen molar-refractivity contribution in [2.75, 3.05) is 27.2 Å². The highest BCUT2D eigenvalue weighted by Gasteiger charge is 2.43. The molecule has 1 aliphatic carbocycles. The number of benzene rings is 2. The van der Waals surface area contributed by atoms with Crippen molar-refractivity contribution in [3.63, 3.8) is 0 Å². The first-order chi connectivity index (χ1) is 15.9. The largest absolute Gasteiger partial charge is 0.348 e. The lowest BCUT2D eigenvalue weighted by atomic mass is 9.72. The van der Waals surface area contributed by atoms with Crippen molar-refractivity contribution in [2.24, 2.45) is 11.3 Å². The molecule has 4 nitrogen and oxygen atoms in total. The van der Waals surface area contributed by atoms with Crippen LogP contribution >= 0.6 is 0 Å². The van der Waals surface area contributed by atoms with E-state index in [1.54, 1.807) is 4.90 Å². The highest BCUT2D eigenvalue weighted by Crippen LogP contribution is 2.38. The molecular formula is C29H38N2O2. The molecular weight excluding hydrogens is 408 g/mol. The number of piperidine rings is 1. The molecule has 33 heavy (non-hydrogen) atoms. The number of amides is 2. The second-order valence-corrected chi connectivity index (χ2v) is 10.4. The monoisotopic (exact) mass is 446 g/mol. The van der Waals surface area contributed by atoms with Crippen LogP contribution in [-0.4, -0.2) is 48.8 Å². The van der Waals surface area contributed by atoms with E-state index in [0.717, 1.165) is 12.8 Å². The van der Waals surface area contributed by atoms with Crippen LogP contribution < -0.4 is 0 Å². The van der Waals surface area contributed by atoms with E-state index in [0.29, 0.717) is 31.8 Å². The van der Waals surface area contributed by atoms with Gasteiger partial charge in [-0.1, -0.05) is 61.4 Å². The number of likely N-dealkylation sites (tertiary alicyclic amines) is 1. The van der Waals surface area contributed by atoms with Crippen molar-refractivity contribution in [3.8, 4) is 11.1 Å². The molecule has 1 saturated carbocycles. The van der Waals surface area contributed by atoms with Crippen LogP contribution in [0.15, 0.2) is 48.5 Å². The molecule has 176 valence electrons. The van der Waals surface area contributed by atoms with Crippen LogP contribution in [0.5, 0.6) is 0 Å². The smallest absolute Gasteiger partial charge is 0.228 e. The van der Waals surface area contributed by atoms with Gasteiger partial charge in [0.15, 0.2) is 0 Å².